The molecule has 0 spiro atoms. The van der Waals surface area contributed by atoms with Crippen molar-refractivity contribution < 1.29 is 22.8 Å². The summed E-state index contributed by atoms with van der Waals surface area (Å²) in [5.74, 6) is -0.172. The molecule has 146 valence electrons. The Balaban J connectivity index is 1.84. The Kier molecular flexibility index (Phi) is 8.02. The van der Waals surface area contributed by atoms with Crippen molar-refractivity contribution in [1.29, 1.82) is 0 Å². The van der Waals surface area contributed by atoms with E-state index in [1.165, 1.54) is 21.3 Å². The van der Waals surface area contributed by atoms with Crippen LogP contribution in [-0.2, 0) is 14.8 Å². The SMILES string of the molecule is CCN(CC)S(=O)(=O)c1ccc(C(=O)NCCC[NH+]2CCOCC2)cc1. The number of carbonyl (C=O) groups excluding carboxylic acids is 1. The van der Waals surface area contributed by atoms with Gasteiger partial charge in [-0.2, -0.15) is 4.31 Å². The number of ether oxygens (including phenoxy) is 1. The van der Waals surface area contributed by atoms with Gasteiger partial charge in [0.05, 0.1) is 24.7 Å². The first-order valence-corrected chi connectivity index (χ1v) is 10.7. The molecule has 0 aliphatic carbocycles. The first kappa shape index (κ1) is 20.8. The Bertz CT molecular complexity index is 666. The summed E-state index contributed by atoms with van der Waals surface area (Å²) in [5.41, 5.74) is 0.474. The Labute approximate surface area is 156 Å². The van der Waals surface area contributed by atoms with Crippen molar-refractivity contribution in [2.75, 3.05) is 52.5 Å². The van der Waals surface area contributed by atoms with Crippen LogP contribution in [0.15, 0.2) is 29.2 Å². The predicted molar refractivity (Wildman–Crippen MR) is 99.9 cm³/mol. The van der Waals surface area contributed by atoms with Gasteiger partial charge in [0, 0.05) is 31.6 Å². The molecular formula is C18H30N3O4S+. The van der Waals surface area contributed by atoms with Gasteiger partial charge in [0.1, 0.15) is 13.1 Å². The molecule has 7 nitrogen and oxygen atoms in total. The second-order valence-electron chi connectivity index (χ2n) is 6.34. The van der Waals surface area contributed by atoms with E-state index in [0.717, 1.165) is 39.3 Å². The summed E-state index contributed by atoms with van der Waals surface area (Å²) in [7, 11) is -3.49. The third-order valence-corrected chi connectivity index (χ3v) is 6.72. The highest BCUT2D eigenvalue weighted by Gasteiger charge is 2.21. The monoisotopic (exact) mass is 384 g/mol. The summed E-state index contributed by atoms with van der Waals surface area (Å²) in [6.07, 6.45) is 0.912. The van der Waals surface area contributed by atoms with Gasteiger partial charge in [0.15, 0.2) is 0 Å². The van der Waals surface area contributed by atoms with E-state index in [4.69, 9.17) is 4.74 Å². The molecule has 1 amide bonds. The van der Waals surface area contributed by atoms with Crippen LogP contribution in [0.25, 0.3) is 0 Å². The van der Waals surface area contributed by atoms with Gasteiger partial charge in [-0.05, 0) is 24.3 Å². The van der Waals surface area contributed by atoms with Gasteiger partial charge in [0.25, 0.3) is 5.91 Å². The average Bonchev–Trinajstić information content (AvgIpc) is 2.67. The van der Waals surface area contributed by atoms with Crippen LogP contribution in [0.3, 0.4) is 0 Å². The standard InChI is InChI=1S/C18H29N3O4S/c1-3-21(4-2)26(23,24)17-8-6-16(7-9-17)18(22)19-10-5-11-20-12-14-25-15-13-20/h6-9H,3-5,10-15H2,1-2H3,(H,19,22)/p+1. The summed E-state index contributed by atoms with van der Waals surface area (Å²) < 4.78 is 31.6. The summed E-state index contributed by atoms with van der Waals surface area (Å²) in [5, 5.41) is 2.90. The van der Waals surface area contributed by atoms with Gasteiger partial charge in [-0.15, -0.1) is 0 Å². The molecule has 0 saturated carbocycles. The number of morpholine rings is 1. The Morgan fingerprint density at radius 2 is 1.77 bits per heavy atom. The highest BCUT2D eigenvalue weighted by atomic mass is 32.2. The lowest BCUT2D eigenvalue weighted by atomic mass is 10.2. The van der Waals surface area contributed by atoms with E-state index < -0.39 is 10.0 Å². The molecule has 2 rings (SSSR count). The molecule has 2 N–H and O–H groups in total. The van der Waals surface area contributed by atoms with Crippen molar-refractivity contribution in [1.82, 2.24) is 9.62 Å². The molecule has 1 heterocycles. The van der Waals surface area contributed by atoms with Crippen molar-refractivity contribution in [3.05, 3.63) is 29.8 Å². The minimum Gasteiger partial charge on any atom is -0.370 e. The normalized spacial score (nSPS) is 16.0. The molecule has 26 heavy (non-hydrogen) atoms. The lowest BCUT2D eigenvalue weighted by Gasteiger charge is -2.23. The molecule has 1 aromatic carbocycles. The topological polar surface area (TPSA) is 80.2 Å². The summed E-state index contributed by atoms with van der Waals surface area (Å²) in [4.78, 5) is 13.9. The lowest BCUT2D eigenvalue weighted by molar-refractivity contribution is -0.908. The van der Waals surface area contributed by atoms with Crippen LogP contribution >= 0.6 is 0 Å². The number of hydrogen-bond acceptors (Lipinski definition) is 4. The van der Waals surface area contributed by atoms with Crippen LogP contribution in [-0.4, -0.2) is 71.1 Å². The third kappa shape index (κ3) is 5.51. The predicted octanol–water partition coefficient (Wildman–Crippen LogP) is -0.248. The molecule has 1 aliphatic heterocycles. The second-order valence-corrected chi connectivity index (χ2v) is 8.27. The van der Waals surface area contributed by atoms with Crippen LogP contribution in [0.2, 0.25) is 0 Å². The van der Waals surface area contributed by atoms with Gasteiger partial charge in [-0.25, -0.2) is 8.42 Å². The smallest absolute Gasteiger partial charge is 0.251 e. The summed E-state index contributed by atoms with van der Waals surface area (Å²) >= 11 is 0. The van der Waals surface area contributed by atoms with E-state index in [1.54, 1.807) is 12.1 Å². The van der Waals surface area contributed by atoms with Gasteiger partial charge < -0.3 is 15.0 Å². The van der Waals surface area contributed by atoms with E-state index in [-0.39, 0.29) is 10.8 Å². The maximum atomic E-state index is 12.5. The third-order valence-electron chi connectivity index (χ3n) is 4.65. The molecule has 0 atom stereocenters. The molecular weight excluding hydrogens is 354 g/mol. The number of rotatable bonds is 9. The zero-order chi connectivity index (χ0) is 19.0. The second kappa shape index (κ2) is 10.0. The fourth-order valence-electron chi connectivity index (χ4n) is 3.04. The van der Waals surface area contributed by atoms with E-state index >= 15 is 0 Å². The molecule has 1 saturated heterocycles. The molecule has 8 heteroatoms. The van der Waals surface area contributed by atoms with Crippen LogP contribution in [0, 0.1) is 0 Å². The minimum absolute atomic E-state index is 0.172. The number of benzene rings is 1. The van der Waals surface area contributed by atoms with E-state index in [1.807, 2.05) is 13.8 Å². The number of nitrogens with zero attached hydrogens (tertiary/aromatic N) is 1. The molecule has 0 unspecified atom stereocenters. The summed E-state index contributed by atoms with van der Waals surface area (Å²) in [6.45, 7) is 9.76. The van der Waals surface area contributed by atoms with Crippen LogP contribution in [0.5, 0.6) is 0 Å². The van der Waals surface area contributed by atoms with Gasteiger partial charge >= 0.3 is 0 Å². The maximum Gasteiger partial charge on any atom is 0.251 e. The number of nitrogens with one attached hydrogen (secondary N) is 2. The number of carbonyl (C=O) groups is 1. The zero-order valence-electron chi connectivity index (χ0n) is 15.7. The van der Waals surface area contributed by atoms with Gasteiger partial charge in [-0.1, -0.05) is 13.8 Å². The Hall–Kier alpha value is -1.48. The van der Waals surface area contributed by atoms with Crippen LogP contribution in [0.4, 0.5) is 0 Å². The number of quaternary nitrogens is 1. The highest BCUT2D eigenvalue weighted by molar-refractivity contribution is 7.89. The first-order chi connectivity index (χ1) is 12.5. The number of sulfonamides is 1. The molecule has 0 aromatic heterocycles. The fourth-order valence-corrected chi connectivity index (χ4v) is 4.50. The lowest BCUT2D eigenvalue weighted by Crippen LogP contribution is -3.14. The quantitative estimate of drug-likeness (QED) is 0.576. The zero-order valence-corrected chi connectivity index (χ0v) is 16.5. The van der Waals surface area contributed by atoms with E-state index in [0.29, 0.717) is 25.2 Å². The van der Waals surface area contributed by atoms with E-state index in [9.17, 15) is 13.2 Å². The molecule has 0 radical (unpaired) electrons. The van der Waals surface area contributed by atoms with Crippen LogP contribution < -0.4 is 10.2 Å². The van der Waals surface area contributed by atoms with Crippen molar-refractivity contribution in [2.45, 2.75) is 25.2 Å². The molecule has 1 fully saturated rings. The maximum absolute atomic E-state index is 12.5. The molecule has 1 aliphatic rings. The molecule has 0 bridgehead atoms. The Morgan fingerprint density at radius 3 is 2.35 bits per heavy atom. The first-order valence-electron chi connectivity index (χ1n) is 9.28. The van der Waals surface area contributed by atoms with Gasteiger partial charge in [-0.3, -0.25) is 4.79 Å². The fraction of sp³-hybridized carbons (Fsp3) is 0.611. The highest BCUT2D eigenvalue weighted by Crippen LogP contribution is 2.16. The minimum atomic E-state index is -3.49. The summed E-state index contributed by atoms with van der Waals surface area (Å²) in [6, 6.07) is 6.14. The molecule has 1 aromatic rings. The van der Waals surface area contributed by atoms with Crippen molar-refractivity contribution in [3.8, 4) is 0 Å². The number of hydrogen-bond donors (Lipinski definition) is 2. The largest absolute Gasteiger partial charge is 0.370 e. The van der Waals surface area contributed by atoms with Crippen molar-refractivity contribution >= 4 is 15.9 Å². The van der Waals surface area contributed by atoms with Crippen molar-refractivity contribution in [2.24, 2.45) is 0 Å². The van der Waals surface area contributed by atoms with E-state index in [2.05, 4.69) is 5.32 Å². The van der Waals surface area contributed by atoms with Crippen molar-refractivity contribution in [3.63, 3.8) is 0 Å². The van der Waals surface area contributed by atoms with Crippen LogP contribution in [0.1, 0.15) is 30.6 Å². The number of amides is 1. The average molecular weight is 385 g/mol. The van der Waals surface area contributed by atoms with Gasteiger partial charge in [0.2, 0.25) is 10.0 Å². The Morgan fingerprint density at radius 1 is 1.15 bits per heavy atom.